The second-order valence-corrected chi connectivity index (χ2v) is 5.56. The van der Waals surface area contributed by atoms with Crippen LogP contribution >= 0.6 is 0 Å². The molecule has 0 spiro atoms. The van der Waals surface area contributed by atoms with E-state index in [0.717, 1.165) is 5.56 Å². The normalized spacial score (nSPS) is 11.0. The molecule has 0 saturated carbocycles. The smallest absolute Gasteiger partial charge is 0.439 e. The van der Waals surface area contributed by atoms with Crippen molar-refractivity contribution in [3.8, 4) is 5.75 Å². The van der Waals surface area contributed by atoms with E-state index >= 15 is 0 Å². The van der Waals surface area contributed by atoms with E-state index in [1.807, 2.05) is 6.07 Å². The molecule has 3 N–H and O–H groups in total. The average Bonchev–Trinajstić information content (AvgIpc) is 2.72. The van der Waals surface area contributed by atoms with Crippen molar-refractivity contribution >= 4 is 18.2 Å². The van der Waals surface area contributed by atoms with Gasteiger partial charge in [0.1, 0.15) is 18.4 Å². The van der Waals surface area contributed by atoms with Crippen LogP contribution in [0.3, 0.4) is 0 Å². The van der Waals surface area contributed by atoms with Crippen molar-refractivity contribution in [3.05, 3.63) is 66.2 Å². The fraction of sp³-hybridized carbons (Fsp3) is 0.211. The number of hydrogen-bond acceptors (Lipinski definition) is 7. The van der Waals surface area contributed by atoms with Crippen LogP contribution in [-0.2, 0) is 20.8 Å². The maximum Gasteiger partial charge on any atom is 0.439 e. The summed E-state index contributed by atoms with van der Waals surface area (Å²) in [6, 6.07) is 16.3. The van der Waals surface area contributed by atoms with Crippen LogP contribution in [0.5, 0.6) is 5.75 Å². The molecule has 9 nitrogen and oxygen atoms in total. The number of carbonyl (C=O) groups excluding carboxylic acids is 3. The van der Waals surface area contributed by atoms with Crippen LogP contribution in [0.2, 0.25) is 0 Å². The third-order valence-electron chi connectivity index (χ3n) is 3.51. The lowest BCUT2D eigenvalue weighted by Gasteiger charge is -2.16. The monoisotopic (exact) mass is 388 g/mol. The zero-order chi connectivity index (χ0) is 20.2. The predicted molar refractivity (Wildman–Crippen MR) is 97.6 cm³/mol. The van der Waals surface area contributed by atoms with E-state index in [0.29, 0.717) is 5.75 Å². The van der Waals surface area contributed by atoms with Crippen LogP contribution in [0.1, 0.15) is 5.56 Å². The minimum absolute atomic E-state index is 0.0138. The first-order valence-electron chi connectivity index (χ1n) is 8.41. The molecule has 9 heteroatoms. The summed E-state index contributed by atoms with van der Waals surface area (Å²) in [5.74, 6) is -0.362. The molecule has 1 atom stereocenters. The van der Waals surface area contributed by atoms with Crippen molar-refractivity contribution in [2.24, 2.45) is 0 Å². The Bertz CT molecular complexity index is 768. The molecule has 0 fully saturated rings. The minimum atomic E-state index is -1.18. The topological polar surface area (TPSA) is 123 Å². The maximum atomic E-state index is 12.2. The van der Waals surface area contributed by atoms with E-state index in [2.05, 4.69) is 15.5 Å². The molecule has 0 heterocycles. The Hall–Kier alpha value is -3.59. The Morgan fingerprint density at radius 3 is 2.21 bits per heavy atom. The number of nitrogens with one attached hydrogen (secondary N) is 2. The molecule has 0 aliphatic carbocycles. The van der Waals surface area contributed by atoms with Crippen LogP contribution in [0.25, 0.3) is 0 Å². The van der Waals surface area contributed by atoms with Crippen molar-refractivity contribution in [2.75, 3.05) is 13.2 Å². The van der Waals surface area contributed by atoms with Crippen molar-refractivity contribution in [1.82, 2.24) is 10.6 Å². The fourth-order valence-electron chi connectivity index (χ4n) is 2.25. The summed E-state index contributed by atoms with van der Waals surface area (Å²) >= 11 is 0. The first-order chi connectivity index (χ1) is 13.6. The van der Waals surface area contributed by atoms with Gasteiger partial charge in [0.15, 0.2) is 0 Å². The van der Waals surface area contributed by atoms with Gasteiger partial charge in [0, 0.05) is 6.42 Å². The van der Waals surface area contributed by atoms with E-state index in [1.165, 1.54) is 0 Å². The SMILES string of the molecule is O=C(NC(Cc1ccccc1)C(=O)OCCNC(=O)Oc1ccccc1)OO. The Morgan fingerprint density at radius 2 is 1.57 bits per heavy atom. The summed E-state index contributed by atoms with van der Waals surface area (Å²) in [4.78, 5) is 38.7. The van der Waals surface area contributed by atoms with Crippen LogP contribution in [0.15, 0.2) is 60.7 Å². The highest BCUT2D eigenvalue weighted by atomic mass is 17.1. The minimum Gasteiger partial charge on any atom is -0.462 e. The molecule has 2 amide bonds. The second kappa shape index (κ2) is 11.2. The molecular weight excluding hydrogens is 368 g/mol. The molecule has 0 aromatic heterocycles. The van der Waals surface area contributed by atoms with Gasteiger partial charge in [0.2, 0.25) is 0 Å². The number of para-hydroxylation sites is 1. The molecule has 0 aliphatic rings. The Kier molecular flexibility index (Phi) is 8.28. The Morgan fingerprint density at radius 1 is 0.929 bits per heavy atom. The summed E-state index contributed by atoms with van der Waals surface area (Å²) in [6.07, 6.45) is -1.73. The molecule has 0 radical (unpaired) electrons. The lowest BCUT2D eigenvalue weighted by atomic mass is 10.1. The van der Waals surface area contributed by atoms with Gasteiger partial charge in [-0.2, -0.15) is 5.26 Å². The van der Waals surface area contributed by atoms with Crippen LogP contribution < -0.4 is 15.4 Å². The van der Waals surface area contributed by atoms with Gasteiger partial charge in [0.05, 0.1) is 6.54 Å². The van der Waals surface area contributed by atoms with Crippen molar-refractivity contribution in [1.29, 1.82) is 0 Å². The van der Waals surface area contributed by atoms with Crippen molar-refractivity contribution in [2.45, 2.75) is 12.5 Å². The maximum absolute atomic E-state index is 12.2. The molecule has 2 aromatic carbocycles. The largest absolute Gasteiger partial charge is 0.462 e. The second-order valence-electron chi connectivity index (χ2n) is 5.56. The van der Waals surface area contributed by atoms with E-state index < -0.39 is 24.2 Å². The zero-order valence-corrected chi connectivity index (χ0v) is 14.9. The molecule has 2 rings (SSSR count). The van der Waals surface area contributed by atoms with Crippen LogP contribution in [0.4, 0.5) is 9.59 Å². The number of rotatable bonds is 8. The van der Waals surface area contributed by atoms with Crippen LogP contribution in [0, 0.1) is 0 Å². The van der Waals surface area contributed by atoms with Gasteiger partial charge in [-0.05, 0) is 17.7 Å². The third-order valence-corrected chi connectivity index (χ3v) is 3.51. The molecular formula is C19H20N2O7. The number of amides is 2. The van der Waals surface area contributed by atoms with Gasteiger partial charge in [-0.25, -0.2) is 14.4 Å². The van der Waals surface area contributed by atoms with Gasteiger partial charge in [-0.15, -0.1) is 0 Å². The molecule has 148 valence electrons. The molecule has 28 heavy (non-hydrogen) atoms. The number of carbonyl (C=O) groups is 3. The van der Waals surface area contributed by atoms with Gasteiger partial charge in [-0.1, -0.05) is 48.5 Å². The third kappa shape index (κ3) is 7.34. The highest BCUT2D eigenvalue weighted by Crippen LogP contribution is 2.08. The lowest BCUT2D eigenvalue weighted by Crippen LogP contribution is -2.44. The van der Waals surface area contributed by atoms with E-state index in [1.54, 1.807) is 54.6 Å². The standard InChI is InChI=1S/C19H20N2O7/c22-17(16(21-19(24)28-25)13-14-7-3-1-4-8-14)26-12-11-20-18(23)27-15-9-5-2-6-10-15/h1-10,16,25H,11-13H2,(H,20,23)(H,21,24). The van der Waals surface area contributed by atoms with Gasteiger partial charge in [0.25, 0.3) is 0 Å². The summed E-state index contributed by atoms with van der Waals surface area (Å²) < 4.78 is 10.1. The molecule has 2 aromatic rings. The number of esters is 1. The van der Waals surface area contributed by atoms with Crippen LogP contribution in [-0.4, -0.2) is 42.6 Å². The molecule has 0 bridgehead atoms. The fourth-order valence-corrected chi connectivity index (χ4v) is 2.25. The lowest BCUT2D eigenvalue weighted by molar-refractivity contribution is -0.179. The zero-order valence-electron chi connectivity index (χ0n) is 14.9. The summed E-state index contributed by atoms with van der Waals surface area (Å²) in [5, 5.41) is 13.0. The van der Waals surface area contributed by atoms with E-state index in [-0.39, 0.29) is 19.6 Å². The predicted octanol–water partition coefficient (Wildman–Crippen LogP) is 2.13. The highest BCUT2D eigenvalue weighted by molar-refractivity contribution is 5.81. The Balaban J connectivity index is 1.78. The van der Waals surface area contributed by atoms with Crippen molar-refractivity contribution in [3.63, 3.8) is 0 Å². The van der Waals surface area contributed by atoms with Gasteiger partial charge >= 0.3 is 18.2 Å². The molecule has 0 saturated heterocycles. The quantitative estimate of drug-likeness (QED) is 0.274. The first kappa shape index (κ1) is 20.7. The first-order valence-corrected chi connectivity index (χ1v) is 8.41. The molecule has 1 unspecified atom stereocenters. The Labute approximate surface area is 161 Å². The van der Waals surface area contributed by atoms with E-state index in [9.17, 15) is 14.4 Å². The van der Waals surface area contributed by atoms with E-state index in [4.69, 9.17) is 14.7 Å². The summed E-state index contributed by atoms with van der Waals surface area (Å²) in [6.45, 7) is -0.121. The van der Waals surface area contributed by atoms with Gasteiger partial charge in [-0.3, -0.25) is 4.89 Å². The summed E-state index contributed by atoms with van der Waals surface area (Å²) in [5.41, 5.74) is 0.771. The highest BCUT2D eigenvalue weighted by Gasteiger charge is 2.23. The summed E-state index contributed by atoms with van der Waals surface area (Å²) in [7, 11) is 0. The van der Waals surface area contributed by atoms with Gasteiger partial charge < -0.3 is 20.1 Å². The number of ether oxygens (including phenoxy) is 2. The number of hydrogen-bond donors (Lipinski definition) is 3. The number of benzene rings is 2. The average molecular weight is 388 g/mol. The van der Waals surface area contributed by atoms with Crippen molar-refractivity contribution < 1.29 is 34.0 Å². The molecule has 0 aliphatic heterocycles.